The van der Waals surface area contributed by atoms with Crippen molar-refractivity contribution in [2.45, 2.75) is 39.3 Å². The number of phenolic OH excluding ortho intramolecular Hbond substituents is 1. The first-order chi connectivity index (χ1) is 14.2. The Morgan fingerprint density at radius 3 is 2.32 bits per heavy atom. The van der Waals surface area contributed by atoms with Crippen molar-refractivity contribution in [3.63, 3.8) is 0 Å². The normalized spacial score (nSPS) is 11.3. The van der Waals surface area contributed by atoms with Crippen molar-refractivity contribution >= 4 is 41.7 Å². The van der Waals surface area contributed by atoms with Crippen molar-refractivity contribution in [3.8, 4) is 5.75 Å². The van der Waals surface area contributed by atoms with Gasteiger partial charge in [-0.3, -0.25) is 10.3 Å². The van der Waals surface area contributed by atoms with Gasteiger partial charge in [0.1, 0.15) is 5.60 Å². The van der Waals surface area contributed by atoms with Gasteiger partial charge in [-0.1, -0.05) is 18.2 Å². The summed E-state index contributed by atoms with van der Waals surface area (Å²) in [7, 11) is 1.66. The molecular weight excluding hydrogens is 514 g/mol. The lowest BCUT2D eigenvalue weighted by molar-refractivity contribution is 0.0636. The maximum Gasteiger partial charge on any atom is 0.412 e. The van der Waals surface area contributed by atoms with Crippen LogP contribution in [-0.4, -0.2) is 36.4 Å². The minimum absolute atomic E-state index is 0. The molecule has 0 atom stereocenters. The van der Waals surface area contributed by atoms with Gasteiger partial charge in [-0.05, 0) is 62.6 Å². The summed E-state index contributed by atoms with van der Waals surface area (Å²) in [5.41, 5.74) is 1.91. The number of hydrogen-bond donors (Lipinski definition) is 4. The van der Waals surface area contributed by atoms with Gasteiger partial charge in [0.2, 0.25) is 0 Å². The van der Waals surface area contributed by atoms with Crippen molar-refractivity contribution < 1.29 is 19.0 Å². The highest BCUT2D eigenvalue weighted by Crippen LogP contribution is 2.16. The highest BCUT2D eigenvalue weighted by molar-refractivity contribution is 14.0. The first-order valence-corrected chi connectivity index (χ1v) is 9.67. The second-order valence-corrected chi connectivity index (χ2v) is 7.71. The molecule has 0 aliphatic heterocycles. The summed E-state index contributed by atoms with van der Waals surface area (Å²) in [6.07, 6.45) is 0.265. The van der Waals surface area contributed by atoms with Crippen LogP contribution < -0.4 is 16.0 Å². The van der Waals surface area contributed by atoms with E-state index in [9.17, 15) is 14.3 Å². The molecule has 4 N–H and O–H groups in total. The fraction of sp³-hybridized carbons (Fsp3) is 0.364. The van der Waals surface area contributed by atoms with E-state index in [1.807, 2.05) is 45.0 Å². The first kappa shape index (κ1) is 26.5. The molecular formula is C22H30FIN4O3. The number of ether oxygens (including phenoxy) is 1. The molecule has 0 radical (unpaired) electrons. The number of benzene rings is 2. The summed E-state index contributed by atoms with van der Waals surface area (Å²) in [5.74, 6) is -0.429. The smallest absolute Gasteiger partial charge is 0.412 e. The Morgan fingerprint density at radius 1 is 1.10 bits per heavy atom. The number of carbonyl (C=O) groups is 1. The van der Waals surface area contributed by atoms with Gasteiger partial charge in [0.15, 0.2) is 17.5 Å². The minimum atomic E-state index is -0.651. The van der Waals surface area contributed by atoms with E-state index in [0.717, 1.165) is 12.0 Å². The third-order valence-corrected chi connectivity index (χ3v) is 4.00. The van der Waals surface area contributed by atoms with Gasteiger partial charge in [-0.25, -0.2) is 9.18 Å². The zero-order valence-electron chi connectivity index (χ0n) is 18.2. The van der Waals surface area contributed by atoms with Crippen LogP contribution in [0, 0.1) is 5.82 Å². The molecule has 31 heavy (non-hydrogen) atoms. The van der Waals surface area contributed by atoms with Gasteiger partial charge < -0.3 is 20.5 Å². The number of hydrogen-bond acceptors (Lipinski definition) is 4. The molecule has 7 nitrogen and oxygen atoms in total. The third kappa shape index (κ3) is 9.86. The molecule has 170 valence electrons. The van der Waals surface area contributed by atoms with E-state index in [1.165, 1.54) is 12.1 Å². The van der Waals surface area contributed by atoms with Crippen LogP contribution in [0.2, 0.25) is 0 Å². The van der Waals surface area contributed by atoms with Gasteiger partial charge in [-0.15, -0.1) is 24.0 Å². The Bertz CT molecular complexity index is 883. The molecule has 0 bridgehead atoms. The van der Waals surface area contributed by atoms with Crippen LogP contribution in [0.1, 0.15) is 31.9 Å². The molecule has 2 rings (SSSR count). The number of amides is 1. The summed E-state index contributed by atoms with van der Waals surface area (Å²) >= 11 is 0. The van der Waals surface area contributed by atoms with Crippen molar-refractivity contribution in [1.29, 1.82) is 0 Å². The van der Waals surface area contributed by atoms with E-state index in [0.29, 0.717) is 30.3 Å². The predicted octanol–water partition coefficient (Wildman–Crippen LogP) is 4.40. The minimum Gasteiger partial charge on any atom is -0.505 e. The Kier molecular flexibility index (Phi) is 10.5. The molecule has 0 spiro atoms. The van der Waals surface area contributed by atoms with Crippen LogP contribution in [-0.2, 0) is 17.7 Å². The van der Waals surface area contributed by atoms with E-state index in [2.05, 4.69) is 20.9 Å². The van der Waals surface area contributed by atoms with E-state index in [-0.39, 0.29) is 29.7 Å². The number of nitrogens with zero attached hydrogens (tertiary/aromatic N) is 1. The number of halogens is 2. The molecule has 0 unspecified atom stereocenters. The Morgan fingerprint density at radius 2 is 1.74 bits per heavy atom. The molecule has 0 saturated heterocycles. The topological polar surface area (TPSA) is 95.0 Å². The van der Waals surface area contributed by atoms with Crippen LogP contribution in [0.5, 0.6) is 5.75 Å². The largest absolute Gasteiger partial charge is 0.505 e. The van der Waals surface area contributed by atoms with Crippen LogP contribution >= 0.6 is 24.0 Å². The lowest BCUT2D eigenvalue weighted by Crippen LogP contribution is -2.37. The molecule has 2 aromatic carbocycles. The highest BCUT2D eigenvalue weighted by atomic mass is 127. The molecule has 0 aliphatic carbocycles. The van der Waals surface area contributed by atoms with Gasteiger partial charge >= 0.3 is 6.09 Å². The number of guanidine groups is 1. The fourth-order valence-corrected chi connectivity index (χ4v) is 2.57. The van der Waals surface area contributed by atoms with Crippen LogP contribution in [0.3, 0.4) is 0 Å². The number of aromatic hydroxyl groups is 1. The second kappa shape index (κ2) is 12.3. The summed E-state index contributed by atoms with van der Waals surface area (Å²) < 4.78 is 18.6. The highest BCUT2D eigenvalue weighted by Gasteiger charge is 2.16. The van der Waals surface area contributed by atoms with E-state index in [1.54, 1.807) is 13.1 Å². The Labute approximate surface area is 199 Å². The molecule has 0 aliphatic rings. The van der Waals surface area contributed by atoms with Crippen molar-refractivity contribution in [3.05, 3.63) is 59.4 Å². The van der Waals surface area contributed by atoms with Crippen LogP contribution in [0.15, 0.2) is 47.5 Å². The molecule has 1 amide bonds. The lowest BCUT2D eigenvalue weighted by atomic mass is 10.1. The SMILES string of the molecule is CN=C(NCCc1ccc(NC(=O)OC(C)(C)C)cc1)NCc1ccc(O)c(F)c1.I. The number of rotatable bonds is 6. The summed E-state index contributed by atoms with van der Waals surface area (Å²) in [6, 6.07) is 11.8. The number of nitrogens with one attached hydrogen (secondary N) is 3. The average Bonchev–Trinajstić information content (AvgIpc) is 2.67. The predicted molar refractivity (Wildman–Crippen MR) is 132 cm³/mol. The van der Waals surface area contributed by atoms with Gasteiger partial charge in [-0.2, -0.15) is 0 Å². The van der Waals surface area contributed by atoms with Gasteiger partial charge in [0, 0.05) is 25.8 Å². The van der Waals surface area contributed by atoms with Crippen molar-refractivity contribution in [2.75, 3.05) is 18.9 Å². The fourth-order valence-electron chi connectivity index (χ4n) is 2.57. The Balaban J connectivity index is 0.00000480. The average molecular weight is 544 g/mol. The quantitative estimate of drug-likeness (QED) is 0.246. The van der Waals surface area contributed by atoms with Crippen molar-refractivity contribution in [1.82, 2.24) is 10.6 Å². The van der Waals surface area contributed by atoms with Crippen LogP contribution in [0.4, 0.5) is 14.9 Å². The second-order valence-electron chi connectivity index (χ2n) is 7.71. The first-order valence-electron chi connectivity index (χ1n) is 9.67. The molecule has 2 aromatic rings. The number of aliphatic imine (C=N–C) groups is 1. The van der Waals surface area contributed by atoms with E-state index in [4.69, 9.17) is 4.74 Å². The van der Waals surface area contributed by atoms with Gasteiger partial charge in [0.05, 0.1) is 0 Å². The van der Waals surface area contributed by atoms with E-state index >= 15 is 0 Å². The Hall–Kier alpha value is -2.56. The monoisotopic (exact) mass is 544 g/mol. The van der Waals surface area contributed by atoms with Gasteiger partial charge in [0.25, 0.3) is 0 Å². The zero-order chi connectivity index (χ0) is 22.1. The maximum atomic E-state index is 13.4. The number of anilines is 1. The molecule has 9 heteroatoms. The maximum absolute atomic E-state index is 13.4. The summed E-state index contributed by atoms with van der Waals surface area (Å²) in [4.78, 5) is 15.9. The lowest BCUT2D eigenvalue weighted by Gasteiger charge is -2.19. The standard InChI is InChI=1S/C22H29FN4O3.HI/c1-22(2,3)30-21(29)27-17-8-5-15(6-9-17)11-12-25-20(24-4)26-14-16-7-10-19(28)18(23)13-16;/h5-10,13,28H,11-12,14H2,1-4H3,(H,27,29)(H2,24,25,26);1H. The van der Waals surface area contributed by atoms with E-state index < -0.39 is 17.5 Å². The number of carbonyl (C=O) groups excluding carboxylic acids is 1. The number of phenols is 1. The summed E-state index contributed by atoms with van der Waals surface area (Å²) in [5, 5.41) is 18.2. The molecule has 0 aromatic heterocycles. The molecule has 0 fully saturated rings. The van der Waals surface area contributed by atoms with Crippen molar-refractivity contribution in [2.24, 2.45) is 4.99 Å². The van der Waals surface area contributed by atoms with Crippen LogP contribution in [0.25, 0.3) is 0 Å². The zero-order valence-corrected chi connectivity index (χ0v) is 20.5. The molecule has 0 heterocycles. The third-order valence-electron chi connectivity index (χ3n) is 4.00. The summed E-state index contributed by atoms with van der Waals surface area (Å²) in [6.45, 7) is 6.46. The molecule has 0 saturated carbocycles.